The molecular formula is C23H26FN3O4S2. The highest BCUT2D eigenvalue weighted by Gasteiger charge is 2.27. The molecule has 33 heavy (non-hydrogen) atoms. The molecule has 0 unspecified atom stereocenters. The fourth-order valence-electron chi connectivity index (χ4n) is 3.64. The number of aromatic nitrogens is 1. The highest BCUT2D eigenvalue weighted by Crippen LogP contribution is 2.30. The normalized spacial score (nSPS) is 15.5. The number of carbonyl (C=O) groups excluding carboxylic acids is 1. The predicted molar refractivity (Wildman–Crippen MR) is 126 cm³/mol. The number of rotatable bonds is 6. The standard InChI is InChI=1S/C23H26FN3O4S2/c1-15(2)26(3)33(29,30)19-7-4-16(5-8-19)22(28)27-12-10-18(11-13-27)31-23-25-20-9-6-17(24)14-21(20)32-23/h4-9,14-15,18H,10-13H2,1-3H3. The number of ether oxygens (including phenoxy) is 1. The average molecular weight is 492 g/mol. The van der Waals surface area contributed by atoms with Crippen molar-refractivity contribution in [2.24, 2.45) is 0 Å². The molecule has 0 radical (unpaired) electrons. The number of amides is 1. The number of sulfonamides is 1. The molecular weight excluding hydrogens is 465 g/mol. The molecule has 3 aromatic rings. The molecule has 0 atom stereocenters. The van der Waals surface area contributed by atoms with Crippen LogP contribution in [0, 0.1) is 5.82 Å². The van der Waals surface area contributed by atoms with Gasteiger partial charge < -0.3 is 9.64 Å². The number of likely N-dealkylation sites (tertiary alicyclic amines) is 1. The first-order valence-corrected chi connectivity index (χ1v) is 13.0. The van der Waals surface area contributed by atoms with E-state index in [2.05, 4.69) is 4.98 Å². The van der Waals surface area contributed by atoms with Gasteiger partial charge in [0.05, 0.1) is 15.1 Å². The molecule has 1 aliphatic heterocycles. The van der Waals surface area contributed by atoms with E-state index < -0.39 is 10.0 Å². The number of benzene rings is 2. The van der Waals surface area contributed by atoms with Crippen molar-refractivity contribution in [2.75, 3.05) is 20.1 Å². The number of hydrogen-bond donors (Lipinski definition) is 0. The number of piperidine rings is 1. The monoisotopic (exact) mass is 491 g/mol. The van der Waals surface area contributed by atoms with Crippen LogP contribution >= 0.6 is 11.3 Å². The second-order valence-corrected chi connectivity index (χ2v) is 11.3. The van der Waals surface area contributed by atoms with Crippen molar-refractivity contribution < 1.29 is 22.3 Å². The molecule has 0 bridgehead atoms. The zero-order valence-corrected chi connectivity index (χ0v) is 20.3. The number of nitrogens with zero attached hydrogens (tertiary/aromatic N) is 3. The van der Waals surface area contributed by atoms with E-state index in [1.54, 1.807) is 36.9 Å². The Morgan fingerprint density at radius 1 is 1.18 bits per heavy atom. The molecule has 0 saturated carbocycles. The van der Waals surface area contributed by atoms with Gasteiger partial charge in [0, 0.05) is 44.6 Å². The second-order valence-electron chi connectivity index (χ2n) is 8.34. The van der Waals surface area contributed by atoms with E-state index in [0.29, 0.717) is 42.2 Å². The van der Waals surface area contributed by atoms with E-state index in [1.165, 1.54) is 47.0 Å². The minimum Gasteiger partial charge on any atom is -0.467 e. The molecule has 0 spiro atoms. The molecule has 1 saturated heterocycles. The van der Waals surface area contributed by atoms with Crippen LogP contribution in [0.5, 0.6) is 5.19 Å². The van der Waals surface area contributed by atoms with Crippen molar-refractivity contribution in [2.45, 2.75) is 43.7 Å². The van der Waals surface area contributed by atoms with Crippen LogP contribution in [-0.2, 0) is 10.0 Å². The van der Waals surface area contributed by atoms with Gasteiger partial charge in [0.15, 0.2) is 0 Å². The van der Waals surface area contributed by atoms with Crippen molar-refractivity contribution in [3.8, 4) is 5.19 Å². The number of fused-ring (bicyclic) bond motifs is 1. The van der Waals surface area contributed by atoms with Crippen LogP contribution in [0.25, 0.3) is 10.2 Å². The molecule has 0 N–H and O–H groups in total. The molecule has 176 valence electrons. The van der Waals surface area contributed by atoms with E-state index in [-0.39, 0.29) is 28.8 Å². The summed E-state index contributed by atoms with van der Waals surface area (Å²) in [5.41, 5.74) is 1.16. The molecule has 1 fully saturated rings. The van der Waals surface area contributed by atoms with Crippen LogP contribution in [0.3, 0.4) is 0 Å². The third kappa shape index (κ3) is 5.02. The fraction of sp³-hybridized carbons (Fsp3) is 0.391. The lowest BCUT2D eigenvalue weighted by molar-refractivity contribution is 0.0595. The Balaban J connectivity index is 1.36. The summed E-state index contributed by atoms with van der Waals surface area (Å²) in [6.07, 6.45) is 1.24. The van der Waals surface area contributed by atoms with Crippen molar-refractivity contribution in [1.82, 2.24) is 14.2 Å². The van der Waals surface area contributed by atoms with Gasteiger partial charge in [-0.25, -0.2) is 17.8 Å². The summed E-state index contributed by atoms with van der Waals surface area (Å²) < 4.78 is 46.6. The first-order valence-electron chi connectivity index (χ1n) is 10.8. The maximum absolute atomic E-state index is 13.4. The number of hydrogen-bond acceptors (Lipinski definition) is 6. The Kier molecular flexibility index (Phi) is 6.69. The average Bonchev–Trinajstić information content (AvgIpc) is 3.19. The summed E-state index contributed by atoms with van der Waals surface area (Å²) >= 11 is 1.31. The van der Waals surface area contributed by atoms with E-state index in [1.807, 2.05) is 0 Å². The third-order valence-electron chi connectivity index (χ3n) is 5.83. The maximum atomic E-state index is 13.4. The lowest BCUT2D eigenvalue weighted by Crippen LogP contribution is -2.41. The molecule has 7 nitrogen and oxygen atoms in total. The molecule has 0 aliphatic carbocycles. The van der Waals surface area contributed by atoms with Gasteiger partial charge in [0.2, 0.25) is 10.0 Å². The highest BCUT2D eigenvalue weighted by atomic mass is 32.2. The van der Waals surface area contributed by atoms with E-state index in [9.17, 15) is 17.6 Å². The molecule has 2 aromatic carbocycles. The quantitative estimate of drug-likeness (QED) is 0.518. The van der Waals surface area contributed by atoms with Crippen LogP contribution in [-0.4, -0.2) is 60.8 Å². The fourth-order valence-corrected chi connectivity index (χ4v) is 5.92. The second kappa shape index (κ2) is 9.36. The maximum Gasteiger partial charge on any atom is 0.274 e. The van der Waals surface area contributed by atoms with Crippen molar-refractivity contribution >= 4 is 37.5 Å². The Hall–Kier alpha value is -2.56. The van der Waals surface area contributed by atoms with Gasteiger partial charge in [0.25, 0.3) is 11.1 Å². The summed E-state index contributed by atoms with van der Waals surface area (Å²) in [5, 5.41) is 0.503. The Labute approximate surface area is 196 Å². The minimum atomic E-state index is -3.59. The van der Waals surface area contributed by atoms with Crippen LogP contribution in [0.15, 0.2) is 47.4 Å². The Morgan fingerprint density at radius 3 is 2.48 bits per heavy atom. The molecule has 1 aromatic heterocycles. The summed E-state index contributed by atoms with van der Waals surface area (Å²) in [6.45, 7) is 4.66. The first-order chi connectivity index (χ1) is 15.6. The van der Waals surface area contributed by atoms with Gasteiger partial charge in [-0.05, 0) is 56.3 Å². The van der Waals surface area contributed by atoms with Gasteiger partial charge in [-0.2, -0.15) is 4.31 Å². The van der Waals surface area contributed by atoms with Crippen molar-refractivity contribution in [3.63, 3.8) is 0 Å². The molecule has 4 rings (SSSR count). The van der Waals surface area contributed by atoms with Gasteiger partial charge in [-0.15, -0.1) is 0 Å². The summed E-state index contributed by atoms with van der Waals surface area (Å²) in [4.78, 5) is 19.2. The lowest BCUT2D eigenvalue weighted by Gasteiger charge is -2.31. The van der Waals surface area contributed by atoms with E-state index in [0.717, 1.165) is 4.70 Å². The van der Waals surface area contributed by atoms with Crippen LogP contribution in [0.2, 0.25) is 0 Å². The van der Waals surface area contributed by atoms with Crippen molar-refractivity contribution in [3.05, 3.63) is 53.8 Å². The van der Waals surface area contributed by atoms with Crippen molar-refractivity contribution in [1.29, 1.82) is 0 Å². The van der Waals surface area contributed by atoms with E-state index >= 15 is 0 Å². The lowest BCUT2D eigenvalue weighted by atomic mass is 10.1. The van der Waals surface area contributed by atoms with Crippen LogP contribution in [0.4, 0.5) is 4.39 Å². The highest BCUT2D eigenvalue weighted by molar-refractivity contribution is 7.89. The number of thiazole rings is 1. The Morgan fingerprint density at radius 2 is 1.85 bits per heavy atom. The molecule has 2 heterocycles. The third-order valence-corrected chi connectivity index (χ3v) is 8.79. The molecule has 1 aliphatic rings. The zero-order chi connectivity index (χ0) is 23.8. The SMILES string of the molecule is CC(C)N(C)S(=O)(=O)c1ccc(C(=O)N2CCC(Oc3nc4ccc(F)cc4s3)CC2)cc1. The minimum absolute atomic E-state index is 0.0708. The Bertz CT molecular complexity index is 1250. The number of halogens is 1. The van der Waals surface area contributed by atoms with Gasteiger partial charge in [0.1, 0.15) is 11.9 Å². The zero-order valence-electron chi connectivity index (χ0n) is 18.7. The van der Waals surface area contributed by atoms with Gasteiger partial charge >= 0.3 is 0 Å². The molecule has 1 amide bonds. The van der Waals surface area contributed by atoms with E-state index in [4.69, 9.17) is 4.74 Å². The predicted octanol–water partition coefficient (Wildman–Crippen LogP) is 4.15. The largest absolute Gasteiger partial charge is 0.467 e. The van der Waals surface area contributed by atoms with Crippen LogP contribution in [0.1, 0.15) is 37.0 Å². The van der Waals surface area contributed by atoms with Crippen LogP contribution < -0.4 is 4.74 Å². The summed E-state index contributed by atoms with van der Waals surface area (Å²) in [5.74, 6) is -0.438. The van der Waals surface area contributed by atoms with Gasteiger partial charge in [-0.1, -0.05) is 11.3 Å². The molecule has 10 heteroatoms. The summed E-state index contributed by atoms with van der Waals surface area (Å²) in [6, 6.07) is 10.4. The topological polar surface area (TPSA) is 79.8 Å². The summed E-state index contributed by atoms with van der Waals surface area (Å²) in [7, 11) is -2.05. The smallest absolute Gasteiger partial charge is 0.274 e. The number of carbonyl (C=O) groups is 1. The van der Waals surface area contributed by atoms with Gasteiger partial charge in [-0.3, -0.25) is 4.79 Å². The first kappa shape index (κ1) is 23.6.